The summed E-state index contributed by atoms with van der Waals surface area (Å²) in [4.78, 5) is 18.9. The fraction of sp³-hybridized carbons (Fsp3) is 0.478. The molecule has 7 heteroatoms. The van der Waals surface area contributed by atoms with Gasteiger partial charge in [0.25, 0.3) is 5.91 Å². The van der Waals surface area contributed by atoms with Crippen molar-refractivity contribution >= 4 is 11.6 Å². The molecule has 2 aliphatic rings. The molecule has 4 rings (SSSR count). The van der Waals surface area contributed by atoms with E-state index in [0.717, 1.165) is 51.3 Å². The molecule has 1 aromatic carbocycles. The van der Waals surface area contributed by atoms with Crippen LogP contribution in [0.15, 0.2) is 42.7 Å². The second-order valence-electron chi connectivity index (χ2n) is 8.11. The maximum atomic E-state index is 12.5. The average Bonchev–Trinajstić information content (AvgIpc) is 2.78. The minimum absolute atomic E-state index is 0.217. The number of ether oxygens (including phenoxy) is 1. The normalized spacial score (nSPS) is 18.4. The Balaban J connectivity index is 1.24. The van der Waals surface area contributed by atoms with Crippen molar-refractivity contribution in [2.45, 2.75) is 38.0 Å². The minimum atomic E-state index is -0.615. The van der Waals surface area contributed by atoms with Gasteiger partial charge < -0.3 is 20.5 Å². The van der Waals surface area contributed by atoms with Gasteiger partial charge in [0, 0.05) is 57.8 Å². The highest BCUT2D eigenvalue weighted by Gasteiger charge is 2.19. The standard InChI is InChI=1S/C23H30N4O3/c28-22(16-27-8-5-17-3-1-2-4-18(17)15-27)14-25-23(29)19-11-21(13-24-12-19)26-20-6-9-30-10-7-20/h1-4,11-13,20,22,26,28H,5-10,14-16H2,(H,25,29)/t22-/m0/s1. The predicted octanol–water partition coefficient (Wildman–Crippen LogP) is 1.82. The number of nitrogens with one attached hydrogen (secondary N) is 2. The summed E-state index contributed by atoms with van der Waals surface area (Å²) < 4.78 is 5.38. The first-order chi connectivity index (χ1) is 14.7. The van der Waals surface area contributed by atoms with Crippen LogP contribution in [0.2, 0.25) is 0 Å². The zero-order chi connectivity index (χ0) is 20.8. The number of rotatable bonds is 7. The topological polar surface area (TPSA) is 86.7 Å². The summed E-state index contributed by atoms with van der Waals surface area (Å²) in [5, 5.41) is 16.7. The molecule has 0 bridgehead atoms. The van der Waals surface area contributed by atoms with Crippen molar-refractivity contribution in [2.75, 3.05) is 38.2 Å². The van der Waals surface area contributed by atoms with E-state index >= 15 is 0 Å². The first kappa shape index (κ1) is 20.8. The Morgan fingerprint density at radius 3 is 2.87 bits per heavy atom. The van der Waals surface area contributed by atoms with Crippen LogP contribution in [0, 0.1) is 0 Å². The summed E-state index contributed by atoms with van der Waals surface area (Å²) >= 11 is 0. The molecule has 160 valence electrons. The maximum Gasteiger partial charge on any atom is 0.253 e. The number of benzene rings is 1. The van der Waals surface area contributed by atoms with E-state index in [9.17, 15) is 9.90 Å². The lowest BCUT2D eigenvalue weighted by molar-refractivity contribution is 0.0841. The van der Waals surface area contributed by atoms with Gasteiger partial charge in [0.15, 0.2) is 0 Å². The highest BCUT2D eigenvalue weighted by atomic mass is 16.5. The summed E-state index contributed by atoms with van der Waals surface area (Å²) in [5.41, 5.74) is 4.03. The molecule has 0 saturated carbocycles. The Labute approximate surface area is 177 Å². The van der Waals surface area contributed by atoms with Gasteiger partial charge in [-0.1, -0.05) is 24.3 Å². The van der Waals surface area contributed by atoms with Gasteiger partial charge in [0.05, 0.1) is 17.4 Å². The molecule has 1 aromatic heterocycles. The molecule has 1 amide bonds. The fourth-order valence-electron chi connectivity index (χ4n) is 4.11. The summed E-state index contributed by atoms with van der Waals surface area (Å²) in [5.74, 6) is -0.221. The molecule has 3 heterocycles. The smallest absolute Gasteiger partial charge is 0.253 e. The summed E-state index contributed by atoms with van der Waals surface area (Å²) in [6.07, 6.45) is 5.56. The van der Waals surface area contributed by atoms with Crippen molar-refractivity contribution in [3.05, 3.63) is 59.4 Å². The largest absolute Gasteiger partial charge is 0.390 e. The molecular formula is C23H30N4O3. The van der Waals surface area contributed by atoms with Crippen LogP contribution in [0.4, 0.5) is 5.69 Å². The number of aliphatic hydroxyl groups excluding tert-OH is 1. The molecule has 0 unspecified atom stereocenters. The lowest BCUT2D eigenvalue weighted by Gasteiger charge is -2.30. The quantitative estimate of drug-likeness (QED) is 0.646. The van der Waals surface area contributed by atoms with Crippen LogP contribution in [-0.4, -0.2) is 65.9 Å². The van der Waals surface area contributed by atoms with Crippen molar-refractivity contribution < 1.29 is 14.6 Å². The summed E-state index contributed by atoms with van der Waals surface area (Å²) in [7, 11) is 0. The summed E-state index contributed by atoms with van der Waals surface area (Å²) in [6.45, 7) is 4.03. The first-order valence-electron chi connectivity index (χ1n) is 10.7. The van der Waals surface area contributed by atoms with E-state index in [4.69, 9.17) is 4.74 Å². The van der Waals surface area contributed by atoms with Gasteiger partial charge in [-0.2, -0.15) is 0 Å². The number of aromatic nitrogens is 1. The molecule has 1 fully saturated rings. The molecule has 30 heavy (non-hydrogen) atoms. The lowest BCUT2D eigenvalue weighted by atomic mass is 10.00. The second kappa shape index (κ2) is 10.0. The number of amides is 1. The number of hydrogen-bond acceptors (Lipinski definition) is 6. The van der Waals surface area contributed by atoms with Gasteiger partial charge in [0.2, 0.25) is 0 Å². The van der Waals surface area contributed by atoms with E-state index in [1.165, 1.54) is 11.1 Å². The number of nitrogens with zero attached hydrogens (tertiary/aromatic N) is 2. The highest BCUT2D eigenvalue weighted by molar-refractivity contribution is 5.94. The van der Waals surface area contributed by atoms with Gasteiger partial charge in [-0.15, -0.1) is 0 Å². The average molecular weight is 411 g/mol. The van der Waals surface area contributed by atoms with Crippen molar-refractivity contribution in [3.8, 4) is 0 Å². The van der Waals surface area contributed by atoms with E-state index in [0.29, 0.717) is 18.2 Å². The molecule has 2 aromatic rings. The maximum absolute atomic E-state index is 12.5. The van der Waals surface area contributed by atoms with Gasteiger partial charge in [0.1, 0.15) is 0 Å². The van der Waals surface area contributed by atoms with E-state index < -0.39 is 6.10 Å². The Morgan fingerprint density at radius 1 is 1.23 bits per heavy atom. The molecule has 0 spiro atoms. The van der Waals surface area contributed by atoms with Gasteiger partial charge in [-0.3, -0.25) is 14.7 Å². The van der Waals surface area contributed by atoms with Crippen molar-refractivity contribution in [2.24, 2.45) is 0 Å². The molecule has 1 saturated heterocycles. The molecule has 3 N–H and O–H groups in total. The zero-order valence-electron chi connectivity index (χ0n) is 17.2. The SMILES string of the molecule is O=C(NC[C@H](O)CN1CCc2ccccc2C1)c1cncc(NC2CCOCC2)c1. The third-order valence-electron chi connectivity index (χ3n) is 5.77. The number of carbonyl (C=O) groups excluding carboxylic acids is 1. The van der Waals surface area contributed by atoms with Crippen LogP contribution in [0.5, 0.6) is 0 Å². The number of fused-ring (bicyclic) bond motifs is 1. The Bertz CT molecular complexity index is 854. The van der Waals surface area contributed by atoms with Crippen molar-refractivity contribution in [3.63, 3.8) is 0 Å². The Morgan fingerprint density at radius 2 is 2.03 bits per heavy atom. The van der Waals surface area contributed by atoms with Crippen LogP contribution < -0.4 is 10.6 Å². The van der Waals surface area contributed by atoms with E-state index in [-0.39, 0.29) is 12.5 Å². The number of anilines is 1. The van der Waals surface area contributed by atoms with Gasteiger partial charge >= 0.3 is 0 Å². The van der Waals surface area contributed by atoms with Gasteiger partial charge in [-0.25, -0.2) is 0 Å². The second-order valence-corrected chi connectivity index (χ2v) is 8.11. The van der Waals surface area contributed by atoms with Crippen LogP contribution in [0.3, 0.4) is 0 Å². The van der Waals surface area contributed by atoms with Crippen LogP contribution in [-0.2, 0) is 17.7 Å². The van der Waals surface area contributed by atoms with Crippen molar-refractivity contribution in [1.29, 1.82) is 0 Å². The fourth-order valence-corrected chi connectivity index (χ4v) is 4.11. The third-order valence-corrected chi connectivity index (χ3v) is 5.77. The molecule has 0 aliphatic carbocycles. The summed E-state index contributed by atoms with van der Waals surface area (Å²) in [6, 6.07) is 10.6. The number of carbonyl (C=O) groups is 1. The Hall–Kier alpha value is -2.48. The zero-order valence-corrected chi connectivity index (χ0v) is 17.2. The Kier molecular flexibility index (Phi) is 6.94. The van der Waals surface area contributed by atoms with Crippen molar-refractivity contribution in [1.82, 2.24) is 15.2 Å². The number of aliphatic hydroxyl groups is 1. The third kappa shape index (κ3) is 5.56. The molecule has 7 nitrogen and oxygen atoms in total. The molecule has 2 aliphatic heterocycles. The van der Waals surface area contributed by atoms with E-state index in [1.54, 1.807) is 12.4 Å². The minimum Gasteiger partial charge on any atom is -0.390 e. The van der Waals surface area contributed by atoms with Crippen LogP contribution in [0.1, 0.15) is 34.3 Å². The molecule has 0 radical (unpaired) electrons. The highest BCUT2D eigenvalue weighted by Crippen LogP contribution is 2.18. The molecular weight excluding hydrogens is 380 g/mol. The predicted molar refractivity (Wildman–Crippen MR) is 115 cm³/mol. The molecule has 1 atom stereocenters. The number of pyridine rings is 1. The van der Waals surface area contributed by atoms with E-state index in [2.05, 4.69) is 44.8 Å². The van der Waals surface area contributed by atoms with Crippen LogP contribution >= 0.6 is 0 Å². The van der Waals surface area contributed by atoms with Gasteiger partial charge in [-0.05, 0) is 36.5 Å². The monoisotopic (exact) mass is 410 g/mol. The number of β-amino-alcohol motifs (C(OH)–C–C–N with tert-alkyl or cyclic N) is 1. The lowest BCUT2D eigenvalue weighted by Crippen LogP contribution is -2.42. The number of hydrogen-bond donors (Lipinski definition) is 3. The van der Waals surface area contributed by atoms with Crippen LogP contribution in [0.25, 0.3) is 0 Å². The van der Waals surface area contributed by atoms with E-state index in [1.807, 2.05) is 6.07 Å². The first-order valence-corrected chi connectivity index (χ1v) is 10.7.